The molecule has 1 aromatic heterocycles. The number of hydrogen-bond acceptors (Lipinski definition) is 3. The fraction of sp³-hybridized carbons (Fsp3) is 0.421. The number of benzene rings is 1. The summed E-state index contributed by atoms with van der Waals surface area (Å²) in [5.74, 6) is -1.16. The maximum absolute atomic E-state index is 13.4. The first kappa shape index (κ1) is 20.3. The van der Waals surface area contributed by atoms with Crippen LogP contribution >= 0.6 is 11.3 Å². The second-order valence-electron chi connectivity index (χ2n) is 6.44. The van der Waals surface area contributed by atoms with Gasteiger partial charge in [-0.1, -0.05) is 13.0 Å². The van der Waals surface area contributed by atoms with Gasteiger partial charge in [-0.3, -0.25) is 0 Å². The average Bonchev–Trinajstić information content (AvgIpc) is 3.15. The monoisotopic (exact) mass is 381 g/mol. The molecule has 1 heterocycles. The van der Waals surface area contributed by atoms with Crippen molar-refractivity contribution < 1.29 is 13.9 Å². The molecule has 2 aromatic rings. The highest BCUT2D eigenvalue weighted by Gasteiger charge is 2.23. The molecule has 2 unspecified atom stereocenters. The van der Waals surface area contributed by atoms with Gasteiger partial charge in [0.15, 0.2) is 17.6 Å². The third-order valence-electron chi connectivity index (χ3n) is 4.12. The van der Waals surface area contributed by atoms with Crippen molar-refractivity contribution in [1.29, 1.82) is 0 Å². The van der Waals surface area contributed by atoms with Crippen molar-refractivity contribution in [3.8, 4) is 0 Å². The second-order valence-corrected chi connectivity index (χ2v) is 7.22. The molecule has 0 aliphatic heterocycles. The fourth-order valence-electron chi connectivity index (χ4n) is 2.42. The van der Waals surface area contributed by atoms with Gasteiger partial charge in [0.1, 0.15) is 5.60 Å². The van der Waals surface area contributed by atoms with Crippen molar-refractivity contribution in [1.82, 2.24) is 10.6 Å². The molecule has 0 fully saturated rings. The molecule has 0 bridgehead atoms. The predicted molar refractivity (Wildman–Crippen MR) is 103 cm³/mol. The van der Waals surface area contributed by atoms with Crippen LogP contribution in [0.4, 0.5) is 8.78 Å². The Hall–Kier alpha value is -1.99. The van der Waals surface area contributed by atoms with E-state index in [2.05, 4.69) is 15.6 Å². The van der Waals surface area contributed by atoms with Gasteiger partial charge in [-0.2, -0.15) is 11.3 Å². The number of guanidine groups is 1. The highest BCUT2D eigenvalue weighted by atomic mass is 32.1. The van der Waals surface area contributed by atoms with E-state index < -0.39 is 17.2 Å². The van der Waals surface area contributed by atoms with E-state index in [-0.39, 0.29) is 12.5 Å². The van der Waals surface area contributed by atoms with Crippen LogP contribution < -0.4 is 10.6 Å². The minimum absolute atomic E-state index is 0.0358. The van der Waals surface area contributed by atoms with Crippen molar-refractivity contribution in [2.75, 3.05) is 19.6 Å². The largest absolute Gasteiger partial charge is 0.383 e. The molecule has 2 atom stereocenters. The lowest BCUT2D eigenvalue weighted by Crippen LogP contribution is -2.40. The minimum atomic E-state index is -1.05. The maximum Gasteiger partial charge on any atom is 0.191 e. The topological polar surface area (TPSA) is 56.7 Å². The molecule has 1 aromatic carbocycles. The van der Waals surface area contributed by atoms with Gasteiger partial charge in [-0.25, -0.2) is 13.8 Å². The first-order valence-electron chi connectivity index (χ1n) is 8.55. The summed E-state index contributed by atoms with van der Waals surface area (Å²) in [5.41, 5.74) is 0.489. The Morgan fingerprint density at radius 3 is 2.65 bits per heavy atom. The minimum Gasteiger partial charge on any atom is -0.383 e. The molecule has 2 rings (SSSR count). The summed E-state index contributed by atoms with van der Waals surface area (Å²) in [7, 11) is 0. The van der Waals surface area contributed by atoms with Crippen molar-refractivity contribution in [2.45, 2.75) is 32.3 Å². The molecule has 0 saturated heterocycles. The zero-order valence-corrected chi connectivity index (χ0v) is 16.0. The molecule has 7 heteroatoms. The summed E-state index contributed by atoms with van der Waals surface area (Å²) in [6.07, 6.45) is 0. The Balaban J connectivity index is 1.99. The predicted octanol–water partition coefficient (Wildman–Crippen LogP) is 3.59. The van der Waals surface area contributed by atoms with Gasteiger partial charge >= 0.3 is 0 Å². The number of aliphatic imine (C=N–C) groups is 1. The normalized spacial score (nSPS) is 15.4. The zero-order chi connectivity index (χ0) is 19.2. The average molecular weight is 381 g/mol. The summed E-state index contributed by atoms with van der Waals surface area (Å²) >= 11 is 1.53. The van der Waals surface area contributed by atoms with Crippen LogP contribution in [0.15, 0.2) is 40.0 Å². The van der Waals surface area contributed by atoms with Crippen molar-refractivity contribution in [3.05, 3.63) is 57.8 Å². The van der Waals surface area contributed by atoms with Gasteiger partial charge in [0.05, 0.1) is 6.54 Å². The second kappa shape index (κ2) is 9.09. The van der Waals surface area contributed by atoms with E-state index in [1.165, 1.54) is 17.4 Å². The van der Waals surface area contributed by atoms with Gasteiger partial charge in [0, 0.05) is 13.1 Å². The number of rotatable bonds is 7. The molecule has 0 saturated carbocycles. The summed E-state index contributed by atoms with van der Waals surface area (Å²) in [6.45, 7) is 6.98. The lowest BCUT2D eigenvalue weighted by Gasteiger charge is -2.22. The van der Waals surface area contributed by atoms with E-state index in [9.17, 15) is 13.9 Å². The molecule has 0 aliphatic rings. The van der Waals surface area contributed by atoms with Crippen molar-refractivity contribution in [3.63, 3.8) is 0 Å². The summed E-state index contributed by atoms with van der Waals surface area (Å²) in [6, 6.07) is 5.81. The Morgan fingerprint density at radius 2 is 2.04 bits per heavy atom. The SMILES string of the molecule is CCNC(=NCC(C)(O)c1ccsc1)NCC(C)c1ccc(F)c(F)c1. The Morgan fingerprint density at radius 1 is 1.27 bits per heavy atom. The number of nitrogens with zero attached hydrogens (tertiary/aromatic N) is 1. The van der Waals surface area contributed by atoms with Crippen LogP contribution in [-0.4, -0.2) is 30.7 Å². The van der Waals surface area contributed by atoms with Crippen LogP contribution in [0.25, 0.3) is 0 Å². The molecule has 0 amide bonds. The molecular formula is C19H25F2N3OS. The Kier molecular flexibility index (Phi) is 7.11. The van der Waals surface area contributed by atoms with Crippen LogP contribution in [0.2, 0.25) is 0 Å². The Bertz CT molecular complexity index is 732. The first-order chi connectivity index (χ1) is 12.3. The summed E-state index contributed by atoms with van der Waals surface area (Å²) in [4.78, 5) is 4.45. The number of hydrogen-bond donors (Lipinski definition) is 3. The van der Waals surface area contributed by atoms with Crippen LogP contribution in [0, 0.1) is 11.6 Å². The fourth-order valence-corrected chi connectivity index (χ4v) is 3.21. The van der Waals surface area contributed by atoms with Gasteiger partial charge in [0.2, 0.25) is 0 Å². The highest BCUT2D eigenvalue weighted by molar-refractivity contribution is 7.08. The highest BCUT2D eigenvalue weighted by Crippen LogP contribution is 2.23. The van der Waals surface area contributed by atoms with E-state index >= 15 is 0 Å². The molecule has 4 nitrogen and oxygen atoms in total. The number of thiophene rings is 1. The van der Waals surface area contributed by atoms with Crippen molar-refractivity contribution in [2.24, 2.45) is 4.99 Å². The van der Waals surface area contributed by atoms with Crippen molar-refractivity contribution >= 4 is 17.3 Å². The van der Waals surface area contributed by atoms with E-state index in [4.69, 9.17) is 0 Å². The van der Waals surface area contributed by atoms with Gasteiger partial charge in [-0.15, -0.1) is 0 Å². The first-order valence-corrected chi connectivity index (χ1v) is 9.50. The van der Waals surface area contributed by atoms with E-state index in [1.807, 2.05) is 30.7 Å². The quantitative estimate of drug-likeness (QED) is 0.507. The van der Waals surface area contributed by atoms with Crippen LogP contribution in [-0.2, 0) is 5.60 Å². The number of aliphatic hydroxyl groups is 1. The third kappa shape index (κ3) is 5.51. The molecule has 0 radical (unpaired) electrons. The third-order valence-corrected chi connectivity index (χ3v) is 4.80. The molecular weight excluding hydrogens is 356 g/mol. The lowest BCUT2D eigenvalue weighted by atomic mass is 10.00. The van der Waals surface area contributed by atoms with Gasteiger partial charge < -0.3 is 15.7 Å². The zero-order valence-electron chi connectivity index (χ0n) is 15.2. The lowest BCUT2D eigenvalue weighted by molar-refractivity contribution is 0.0677. The Labute approximate surface area is 157 Å². The number of nitrogens with one attached hydrogen (secondary N) is 2. The van der Waals surface area contributed by atoms with E-state index in [0.717, 1.165) is 11.6 Å². The maximum atomic E-state index is 13.4. The summed E-state index contributed by atoms with van der Waals surface area (Å²) in [5, 5.41) is 20.7. The van der Waals surface area contributed by atoms with Gasteiger partial charge in [0.25, 0.3) is 0 Å². The number of halogens is 2. The van der Waals surface area contributed by atoms with E-state index in [0.29, 0.717) is 24.6 Å². The molecule has 26 heavy (non-hydrogen) atoms. The molecule has 142 valence electrons. The molecule has 3 N–H and O–H groups in total. The smallest absolute Gasteiger partial charge is 0.191 e. The van der Waals surface area contributed by atoms with Gasteiger partial charge in [-0.05, 0) is 59.9 Å². The molecule has 0 spiro atoms. The molecule has 0 aliphatic carbocycles. The standard InChI is InChI=1S/C19H25F2N3OS/c1-4-22-18(24-12-19(3,25)15-7-8-26-11-15)23-10-13(2)14-5-6-16(20)17(21)9-14/h5-9,11,13,25H,4,10,12H2,1-3H3,(H2,22,23,24). The van der Waals surface area contributed by atoms with Crippen LogP contribution in [0.5, 0.6) is 0 Å². The summed E-state index contributed by atoms with van der Waals surface area (Å²) < 4.78 is 26.4. The van der Waals surface area contributed by atoms with Crippen LogP contribution in [0.3, 0.4) is 0 Å². The van der Waals surface area contributed by atoms with E-state index in [1.54, 1.807) is 13.0 Å². The van der Waals surface area contributed by atoms with Crippen LogP contribution in [0.1, 0.15) is 37.8 Å².